The largest absolute Gasteiger partial charge is 0.497 e. The van der Waals surface area contributed by atoms with Gasteiger partial charge >= 0.3 is 0 Å². The van der Waals surface area contributed by atoms with E-state index in [0.717, 1.165) is 0 Å². The Morgan fingerprint density at radius 1 is 1.41 bits per heavy atom. The van der Waals surface area contributed by atoms with E-state index in [0.29, 0.717) is 23.6 Å². The average Bonchev–Trinajstić information content (AvgIpc) is 2.38. The van der Waals surface area contributed by atoms with Crippen LogP contribution in [0, 0.1) is 0 Å². The second kappa shape index (κ2) is 6.70. The molecule has 92 valence electrons. The molecule has 0 radical (unpaired) electrons. The molecule has 0 aliphatic heterocycles. The van der Waals surface area contributed by atoms with E-state index in [1.54, 1.807) is 31.4 Å². The standard InChI is InChI=1S/C13H17NO3/c1-4-7-14-9-12(15)11-6-5-10(16-2)8-13(11)17-3/h4-6,8,14H,1,7,9H2,2-3H3. The number of Topliss-reactive ketones (excluding diaryl/α,β-unsaturated/α-hetero) is 1. The van der Waals surface area contributed by atoms with Crippen LogP contribution in [0.1, 0.15) is 10.4 Å². The van der Waals surface area contributed by atoms with Crippen LogP contribution in [-0.2, 0) is 0 Å². The minimum atomic E-state index is -0.0219. The van der Waals surface area contributed by atoms with Gasteiger partial charge in [-0.1, -0.05) is 6.08 Å². The van der Waals surface area contributed by atoms with E-state index in [1.165, 1.54) is 7.11 Å². The lowest BCUT2D eigenvalue weighted by Crippen LogP contribution is -2.23. The molecule has 0 amide bonds. The van der Waals surface area contributed by atoms with E-state index in [-0.39, 0.29) is 12.3 Å². The zero-order valence-electron chi connectivity index (χ0n) is 10.2. The quantitative estimate of drug-likeness (QED) is 0.443. The number of carbonyl (C=O) groups is 1. The van der Waals surface area contributed by atoms with Crippen molar-refractivity contribution in [2.24, 2.45) is 0 Å². The highest BCUT2D eigenvalue weighted by Gasteiger charge is 2.12. The zero-order valence-corrected chi connectivity index (χ0v) is 10.2. The summed E-state index contributed by atoms with van der Waals surface area (Å²) < 4.78 is 10.2. The number of ketones is 1. The van der Waals surface area contributed by atoms with Gasteiger partial charge in [-0.15, -0.1) is 6.58 Å². The third-order valence-electron chi connectivity index (χ3n) is 2.28. The lowest BCUT2D eigenvalue weighted by molar-refractivity contribution is 0.0989. The van der Waals surface area contributed by atoms with Crippen molar-refractivity contribution in [2.45, 2.75) is 0 Å². The van der Waals surface area contributed by atoms with E-state index in [4.69, 9.17) is 9.47 Å². The molecule has 0 spiro atoms. The van der Waals surface area contributed by atoms with Crippen LogP contribution in [0.2, 0.25) is 0 Å². The summed E-state index contributed by atoms with van der Waals surface area (Å²) in [7, 11) is 3.10. The van der Waals surface area contributed by atoms with Gasteiger partial charge in [0, 0.05) is 12.6 Å². The number of hydrogen-bond donors (Lipinski definition) is 1. The van der Waals surface area contributed by atoms with Gasteiger partial charge in [0.25, 0.3) is 0 Å². The maximum atomic E-state index is 11.9. The molecule has 0 bridgehead atoms. The van der Waals surface area contributed by atoms with Crippen molar-refractivity contribution in [3.63, 3.8) is 0 Å². The SMILES string of the molecule is C=CCNCC(=O)c1ccc(OC)cc1OC. The number of rotatable bonds is 7. The first-order valence-electron chi connectivity index (χ1n) is 5.29. The summed E-state index contributed by atoms with van der Waals surface area (Å²) in [5.41, 5.74) is 0.546. The molecular weight excluding hydrogens is 218 g/mol. The van der Waals surface area contributed by atoms with E-state index in [9.17, 15) is 4.79 Å². The van der Waals surface area contributed by atoms with Crippen molar-refractivity contribution < 1.29 is 14.3 Å². The number of methoxy groups -OCH3 is 2. The first kappa shape index (κ1) is 13.3. The summed E-state index contributed by atoms with van der Waals surface area (Å²) in [6, 6.07) is 5.14. The fraction of sp³-hybridized carbons (Fsp3) is 0.308. The molecule has 4 heteroatoms. The van der Waals surface area contributed by atoms with Gasteiger partial charge in [0.05, 0.1) is 26.3 Å². The van der Waals surface area contributed by atoms with E-state index in [2.05, 4.69) is 11.9 Å². The minimum absolute atomic E-state index is 0.0219. The van der Waals surface area contributed by atoms with Gasteiger partial charge in [-0.05, 0) is 12.1 Å². The predicted octanol–water partition coefficient (Wildman–Crippen LogP) is 1.66. The van der Waals surface area contributed by atoms with E-state index < -0.39 is 0 Å². The first-order chi connectivity index (χ1) is 8.22. The van der Waals surface area contributed by atoms with Crippen molar-refractivity contribution in [3.8, 4) is 11.5 Å². The summed E-state index contributed by atoms with van der Waals surface area (Å²) in [5, 5.41) is 2.96. The van der Waals surface area contributed by atoms with Gasteiger partial charge in [0.1, 0.15) is 11.5 Å². The molecule has 0 fully saturated rings. The molecule has 0 heterocycles. The predicted molar refractivity (Wildman–Crippen MR) is 66.9 cm³/mol. The first-order valence-corrected chi connectivity index (χ1v) is 5.29. The summed E-state index contributed by atoms with van der Waals surface area (Å²) >= 11 is 0. The Bertz CT molecular complexity index is 402. The fourth-order valence-electron chi connectivity index (χ4n) is 1.41. The summed E-state index contributed by atoms with van der Waals surface area (Å²) in [6.45, 7) is 4.43. The molecular formula is C13H17NO3. The van der Waals surface area contributed by atoms with Gasteiger partial charge in [-0.2, -0.15) is 0 Å². The normalized spacial score (nSPS) is 9.76. The average molecular weight is 235 g/mol. The molecule has 4 nitrogen and oxygen atoms in total. The highest BCUT2D eigenvalue weighted by Crippen LogP contribution is 2.24. The van der Waals surface area contributed by atoms with E-state index >= 15 is 0 Å². The van der Waals surface area contributed by atoms with Gasteiger partial charge < -0.3 is 14.8 Å². The molecule has 17 heavy (non-hydrogen) atoms. The van der Waals surface area contributed by atoms with Gasteiger partial charge in [0.15, 0.2) is 5.78 Å². The second-order valence-electron chi connectivity index (χ2n) is 3.41. The molecule has 0 atom stereocenters. The van der Waals surface area contributed by atoms with Crippen LogP contribution in [0.3, 0.4) is 0 Å². The third kappa shape index (κ3) is 3.60. The van der Waals surface area contributed by atoms with Crippen LogP contribution in [-0.4, -0.2) is 33.1 Å². The third-order valence-corrected chi connectivity index (χ3v) is 2.28. The molecule has 0 saturated heterocycles. The Kier molecular flexibility index (Phi) is 5.23. The highest BCUT2D eigenvalue weighted by molar-refractivity contribution is 6.00. The van der Waals surface area contributed by atoms with Crippen LogP contribution in [0.4, 0.5) is 0 Å². The van der Waals surface area contributed by atoms with Crippen molar-refractivity contribution in [3.05, 3.63) is 36.4 Å². The van der Waals surface area contributed by atoms with Crippen LogP contribution in [0.5, 0.6) is 11.5 Å². The molecule has 0 aromatic heterocycles. The van der Waals surface area contributed by atoms with Crippen molar-refractivity contribution in [1.82, 2.24) is 5.32 Å². The van der Waals surface area contributed by atoms with E-state index in [1.807, 2.05) is 0 Å². The Hall–Kier alpha value is -1.81. The maximum absolute atomic E-state index is 11.9. The number of ether oxygens (including phenoxy) is 2. The van der Waals surface area contributed by atoms with Gasteiger partial charge in [-0.3, -0.25) is 4.79 Å². The summed E-state index contributed by atoms with van der Waals surface area (Å²) in [6.07, 6.45) is 1.71. The van der Waals surface area contributed by atoms with Crippen molar-refractivity contribution in [2.75, 3.05) is 27.3 Å². The number of benzene rings is 1. The Morgan fingerprint density at radius 3 is 2.76 bits per heavy atom. The van der Waals surface area contributed by atoms with Crippen LogP contribution >= 0.6 is 0 Å². The van der Waals surface area contributed by atoms with Crippen LogP contribution in [0.25, 0.3) is 0 Å². The lowest BCUT2D eigenvalue weighted by atomic mass is 10.1. The Labute approximate surface area is 101 Å². The molecule has 1 rings (SSSR count). The smallest absolute Gasteiger partial charge is 0.180 e. The molecule has 0 saturated carbocycles. The monoisotopic (exact) mass is 235 g/mol. The second-order valence-corrected chi connectivity index (χ2v) is 3.41. The van der Waals surface area contributed by atoms with Crippen molar-refractivity contribution >= 4 is 5.78 Å². The number of nitrogens with one attached hydrogen (secondary N) is 1. The Morgan fingerprint density at radius 2 is 2.18 bits per heavy atom. The van der Waals surface area contributed by atoms with Gasteiger partial charge in [0.2, 0.25) is 0 Å². The summed E-state index contributed by atoms with van der Waals surface area (Å²) in [4.78, 5) is 11.9. The molecule has 1 aromatic rings. The minimum Gasteiger partial charge on any atom is -0.497 e. The van der Waals surface area contributed by atoms with Crippen LogP contribution in [0.15, 0.2) is 30.9 Å². The molecule has 0 aliphatic rings. The molecule has 0 unspecified atom stereocenters. The van der Waals surface area contributed by atoms with Gasteiger partial charge in [-0.25, -0.2) is 0 Å². The molecule has 1 aromatic carbocycles. The molecule has 0 aliphatic carbocycles. The summed E-state index contributed by atoms with van der Waals surface area (Å²) in [5.74, 6) is 1.17. The van der Waals surface area contributed by atoms with Crippen LogP contribution < -0.4 is 14.8 Å². The zero-order chi connectivity index (χ0) is 12.7. The fourth-order valence-corrected chi connectivity index (χ4v) is 1.41. The lowest BCUT2D eigenvalue weighted by Gasteiger charge is -2.09. The van der Waals surface area contributed by atoms with Crippen molar-refractivity contribution in [1.29, 1.82) is 0 Å². The number of hydrogen-bond acceptors (Lipinski definition) is 4. The highest BCUT2D eigenvalue weighted by atomic mass is 16.5. The molecule has 1 N–H and O–H groups in total. The Balaban J connectivity index is 2.81. The topological polar surface area (TPSA) is 47.6 Å². The maximum Gasteiger partial charge on any atom is 0.180 e. The number of carbonyl (C=O) groups excluding carboxylic acids is 1.